The van der Waals surface area contributed by atoms with Crippen LogP contribution < -0.4 is 15.4 Å². The molecule has 0 aromatic heterocycles. The van der Waals surface area contributed by atoms with Gasteiger partial charge in [0.1, 0.15) is 11.8 Å². The zero-order valence-electron chi connectivity index (χ0n) is 13.5. The van der Waals surface area contributed by atoms with Gasteiger partial charge in [-0.2, -0.15) is 0 Å². The number of hydrogen-bond donors (Lipinski definition) is 2. The molecule has 6 nitrogen and oxygen atoms in total. The van der Waals surface area contributed by atoms with E-state index >= 15 is 0 Å². The summed E-state index contributed by atoms with van der Waals surface area (Å²) in [6.45, 7) is 1.84. The molecule has 0 spiro atoms. The third kappa shape index (κ3) is 5.41. The van der Waals surface area contributed by atoms with E-state index in [1.54, 1.807) is 19.1 Å². The van der Waals surface area contributed by atoms with Crippen LogP contribution in [0.2, 0.25) is 0 Å². The van der Waals surface area contributed by atoms with Crippen molar-refractivity contribution in [1.82, 2.24) is 15.5 Å². The number of rotatable bonds is 7. The maximum absolute atomic E-state index is 12.3. The molecule has 23 heavy (non-hydrogen) atoms. The van der Waals surface area contributed by atoms with Crippen molar-refractivity contribution in [2.24, 2.45) is 0 Å². The van der Waals surface area contributed by atoms with Crippen LogP contribution in [0.25, 0.3) is 0 Å². The molecular weight excluding hydrogens is 318 g/mol. The van der Waals surface area contributed by atoms with Crippen molar-refractivity contribution < 1.29 is 14.3 Å². The summed E-state index contributed by atoms with van der Waals surface area (Å²) in [5, 5.41) is 5.73. The highest BCUT2D eigenvalue weighted by Crippen LogP contribution is 2.17. The van der Waals surface area contributed by atoms with Crippen molar-refractivity contribution in [3.05, 3.63) is 29.8 Å². The van der Waals surface area contributed by atoms with E-state index in [4.69, 9.17) is 4.74 Å². The van der Waals surface area contributed by atoms with Crippen molar-refractivity contribution in [2.45, 2.75) is 25.4 Å². The summed E-state index contributed by atoms with van der Waals surface area (Å²) in [5.41, 5.74) is 1.05. The van der Waals surface area contributed by atoms with Crippen LogP contribution in [0.5, 0.6) is 5.75 Å². The topological polar surface area (TPSA) is 70.7 Å². The molecule has 1 saturated heterocycles. The Morgan fingerprint density at radius 1 is 1.35 bits per heavy atom. The average Bonchev–Trinajstić information content (AvgIpc) is 2.87. The molecule has 128 valence electrons. The number of methoxy groups -OCH3 is 1. The zero-order valence-corrected chi connectivity index (χ0v) is 14.3. The van der Waals surface area contributed by atoms with Crippen molar-refractivity contribution in [2.75, 3.05) is 27.2 Å². The van der Waals surface area contributed by atoms with Gasteiger partial charge in [-0.1, -0.05) is 12.1 Å². The SMILES string of the molecule is CNCCC(=O)NC1CCN(Cc2ccc(OC)cc2)C1=O.Cl. The first kappa shape index (κ1) is 19.3. The van der Waals surface area contributed by atoms with Gasteiger partial charge in [-0.25, -0.2) is 0 Å². The first-order valence-corrected chi connectivity index (χ1v) is 7.49. The van der Waals surface area contributed by atoms with E-state index in [2.05, 4.69) is 10.6 Å². The summed E-state index contributed by atoms with van der Waals surface area (Å²) >= 11 is 0. The van der Waals surface area contributed by atoms with Gasteiger partial charge in [0, 0.05) is 26.1 Å². The Kier molecular flexibility index (Phi) is 7.85. The number of amides is 2. The van der Waals surface area contributed by atoms with Crippen LogP contribution in [0.15, 0.2) is 24.3 Å². The van der Waals surface area contributed by atoms with Crippen LogP contribution in [0.1, 0.15) is 18.4 Å². The molecule has 0 radical (unpaired) electrons. The number of nitrogens with one attached hydrogen (secondary N) is 2. The molecule has 1 aliphatic heterocycles. The van der Waals surface area contributed by atoms with E-state index in [0.29, 0.717) is 32.5 Å². The average molecular weight is 342 g/mol. The summed E-state index contributed by atoms with van der Waals surface area (Å²) in [6.07, 6.45) is 1.05. The largest absolute Gasteiger partial charge is 0.497 e. The van der Waals surface area contributed by atoms with Crippen LogP contribution in [0, 0.1) is 0 Å². The quantitative estimate of drug-likeness (QED) is 0.774. The second-order valence-electron chi connectivity index (χ2n) is 5.37. The Bertz CT molecular complexity index is 522. The van der Waals surface area contributed by atoms with Gasteiger partial charge in [-0.15, -0.1) is 12.4 Å². The fraction of sp³-hybridized carbons (Fsp3) is 0.500. The van der Waals surface area contributed by atoms with Crippen LogP contribution in [-0.4, -0.2) is 50.0 Å². The van der Waals surface area contributed by atoms with E-state index in [-0.39, 0.29) is 30.3 Å². The number of nitrogens with zero attached hydrogens (tertiary/aromatic N) is 1. The van der Waals surface area contributed by atoms with Crippen molar-refractivity contribution in [3.63, 3.8) is 0 Å². The van der Waals surface area contributed by atoms with Gasteiger partial charge >= 0.3 is 0 Å². The van der Waals surface area contributed by atoms with Gasteiger partial charge in [-0.05, 0) is 31.2 Å². The molecule has 1 aromatic carbocycles. The highest BCUT2D eigenvalue weighted by molar-refractivity contribution is 5.89. The maximum Gasteiger partial charge on any atom is 0.245 e. The number of ether oxygens (including phenoxy) is 1. The molecule has 7 heteroatoms. The summed E-state index contributed by atoms with van der Waals surface area (Å²) in [6, 6.07) is 7.28. The fourth-order valence-corrected chi connectivity index (χ4v) is 2.49. The van der Waals surface area contributed by atoms with E-state index in [1.165, 1.54) is 0 Å². The van der Waals surface area contributed by atoms with E-state index in [1.807, 2.05) is 24.3 Å². The second kappa shape index (κ2) is 9.37. The van der Waals surface area contributed by atoms with Crippen LogP contribution in [0.3, 0.4) is 0 Å². The van der Waals surface area contributed by atoms with Crippen molar-refractivity contribution in [3.8, 4) is 5.75 Å². The Labute approximate surface area is 143 Å². The number of benzene rings is 1. The Morgan fingerprint density at radius 3 is 2.65 bits per heavy atom. The van der Waals surface area contributed by atoms with Gasteiger partial charge in [0.25, 0.3) is 0 Å². The molecule has 1 aromatic rings. The van der Waals surface area contributed by atoms with Crippen molar-refractivity contribution in [1.29, 1.82) is 0 Å². The van der Waals surface area contributed by atoms with Gasteiger partial charge < -0.3 is 20.3 Å². The van der Waals surface area contributed by atoms with Gasteiger partial charge in [-0.3, -0.25) is 9.59 Å². The summed E-state index contributed by atoms with van der Waals surface area (Å²) in [4.78, 5) is 25.8. The third-order valence-corrected chi connectivity index (χ3v) is 3.77. The molecule has 1 unspecified atom stereocenters. The number of carbonyl (C=O) groups excluding carboxylic acids is 2. The van der Waals surface area contributed by atoms with Crippen molar-refractivity contribution >= 4 is 24.2 Å². The Morgan fingerprint density at radius 2 is 2.04 bits per heavy atom. The predicted octanol–water partition coefficient (Wildman–Crippen LogP) is 0.944. The Balaban J connectivity index is 0.00000264. The first-order valence-electron chi connectivity index (χ1n) is 7.49. The zero-order chi connectivity index (χ0) is 15.9. The molecule has 1 atom stereocenters. The van der Waals surface area contributed by atoms with E-state index < -0.39 is 0 Å². The lowest BCUT2D eigenvalue weighted by molar-refractivity contribution is -0.133. The second-order valence-corrected chi connectivity index (χ2v) is 5.37. The minimum Gasteiger partial charge on any atom is -0.497 e. The minimum atomic E-state index is -0.386. The fourth-order valence-electron chi connectivity index (χ4n) is 2.49. The first-order chi connectivity index (χ1) is 10.6. The van der Waals surface area contributed by atoms with Crippen LogP contribution >= 0.6 is 12.4 Å². The number of hydrogen-bond acceptors (Lipinski definition) is 4. The Hall–Kier alpha value is -1.79. The highest BCUT2D eigenvalue weighted by Gasteiger charge is 2.32. The standard InChI is InChI=1S/C16H23N3O3.ClH/c1-17-9-7-15(20)18-14-8-10-19(16(14)21)11-12-3-5-13(22-2)6-4-12;/h3-6,14,17H,7-11H2,1-2H3,(H,18,20);1H. The molecular formula is C16H24ClN3O3. The molecule has 1 aliphatic rings. The lowest BCUT2D eigenvalue weighted by Crippen LogP contribution is -2.41. The molecule has 0 bridgehead atoms. The highest BCUT2D eigenvalue weighted by atomic mass is 35.5. The maximum atomic E-state index is 12.3. The molecule has 0 saturated carbocycles. The number of carbonyl (C=O) groups is 2. The number of halogens is 1. The van der Waals surface area contributed by atoms with E-state index in [9.17, 15) is 9.59 Å². The lowest BCUT2D eigenvalue weighted by atomic mass is 10.2. The summed E-state index contributed by atoms with van der Waals surface area (Å²) in [5.74, 6) is 0.707. The van der Waals surface area contributed by atoms with Crippen LogP contribution in [-0.2, 0) is 16.1 Å². The molecule has 1 heterocycles. The monoisotopic (exact) mass is 341 g/mol. The smallest absolute Gasteiger partial charge is 0.245 e. The van der Waals surface area contributed by atoms with Gasteiger partial charge in [0.15, 0.2) is 0 Å². The number of likely N-dealkylation sites (tertiary alicyclic amines) is 1. The summed E-state index contributed by atoms with van der Waals surface area (Å²) < 4.78 is 5.12. The molecule has 2 amide bonds. The summed E-state index contributed by atoms with van der Waals surface area (Å²) in [7, 11) is 3.42. The normalized spacial score (nSPS) is 16.9. The minimum absolute atomic E-state index is 0. The third-order valence-electron chi connectivity index (χ3n) is 3.77. The lowest BCUT2D eigenvalue weighted by Gasteiger charge is -2.17. The van der Waals surface area contributed by atoms with Gasteiger partial charge in [0.05, 0.1) is 7.11 Å². The van der Waals surface area contributed by atoms with E-state index in [0.717, 1.165) is 11.3 Å². The molecule has 2 N–H and O–H groups in total. The molecule has 2 rings (SSSR count). The van der Waals surface area contributed by atoms with Gasteiger partial charge in [0.2, 0.25) is 11.8 Å². The molecule has 0 aliphatic carbocycles. The molecule has 1 fully saturated rings. The predicted molar refractivity (Wildman–Crippen MR) is 90.8 cm³/mol. The van der Waals surface area contributed by atoms with Crippen LogP contribution in [0.4, 0.5) is 0 Å².